The topological polar surface area (TPSA) is 99.6 Å². The number of carbonyl (C=O) groups excluding carboxylic acids is 3. The molecule has 9 heteroatoms. The number of piperazine rings is 1. The zero-order valence-electron chi connectivity index (χ0n) is 18.8. The lowest BCUT2D eigenvalue weighted by molar-refractivity contribution is -0.123. The molecular weight excluding hydrogens is 408 g/mol. The van der Waals surface area contributed by atoms with Gasteiger partial charge in [-0.1, -0.05) is 13.0 Å². The molecule has 1 aliphatic rings. The van der Waals surface area contributed by atoms with Gasteiger partial charge in [-0.3, -0.25) is 19.3 Å². The predicted octanol–water partition coefficient (Wildman–Crippen LogP) is 1.58. The van der Waals surface area contributed by atoms with Gasteiger partial charge in [0.2, 0.25) is 11.8 Å². The number of anilines is 1. The van der Waals surface area contributed by atoms with Crippen LogP contribution < -0.4 is 10.6 Å². The van der Waals surface area contributed by atoms with Gasteiger partial charge in [-0.15, -0.1) is 0 Å². The van der Waals surface area contributed by atoms with Gasteiger partial charge in [-0.2, -0.15) is 0 Å². The fourth-order valence-corrected chi connectivity index (χ4v) is 3.52. The molecule has 1 aliphatic heterocycles. The standard InChI is InChI=1S/C23H32N6O3/c1-3-18(2)25-22(31)16-27-11-13-29(14-12-27)23(32)19-5-4-6-20(15-19)26-21(30)7-9-28-10-8-24-17-28/h4-6,8,10,15,17-18H,3,7,9,11-14,16H2,1-2H3,(H,25,31)(H,26,30). The molecule has 0 aliphatic carbocycles. The smallest absolute Gasteiger partial charge is 0.254 e. The van der Waals surface area contributed by atoms with Gasteiger partial charge in [-0.05, 0) is 31.5 Å². The molecule has 0 radical (unpaired) electrons. The third-order valence-corrected chi connectivity index (χ3v) is 5.60. The van der Waals surface area contributed by atoms with Gasteiger partial charge in [0.1, 0.15) is 0 Å². The quantitative estimate of drug-likeness (QED) is 0.617. The van der Waals surface area contributed by atoms with Crippen molar-refractivity contribution < 1.29 is 14.4 Å². The lowest BCUT2D eigenvalue weighted by Crippen LogP contribution is -2.51. The Hall–Kier alpha value is -3.20. The number of aryl methyl sites for hydroxylation is 1. The highest BCUT2D eigenvalue weighted by Crippen LogP contribution is 2.15. The predicted molar refractivity (Wildman–Crippen MR) is 122 cm³/mol. The minimum atomic E-state index is -0.118. The first-order valence-corrected chi connectivity index (χ1v) is 11.1. The maximum Gasteiger partial charge on any atom is 0.254 e. The Morgan fingerprint density at radius 2 is 1.91 bits per heavy atom. The van der Waals surface area contributed by atoms with Crippen molar-refractivity contribution in [3.63, 3.8) is 0 Å². The molecule has 1 saturated heterocycles. The molecule has 0 spiro atoms. The van der Waals surface area contributed by atoms with Crippen LogP contribution in [0.3, 0.4) is 0 Å². The molecule has 1 aromatic carbocycles. The van der Waals surface area contributed by atoms with Gasteiger partial charge < -0.3 is 20.1 Å². The molecule has 32 heavy (non-hydrogen) atoms. The SMILES string of the molecule is CCC(C)NC(=O)CN1CCN(C(=O)c2cccc(NC(=O)CCn3ccnc3)c2)CC1. The summed E-state index contributed by atoms with van der Waals surface area (Å²) in [7, 11) is 0. The fourth-order valence-electron chi connectivity index (χ4n) is 3.52. The van der Waals surface area contributed by atoms with Crippen LogP contribution in [0.4, 0.5) is 5.69 Å². The van der Waals surface area contributed by atoms with Crippen molar-refractivity contribution in [2.24, 2.45) is 0 Å². The van der Waals surface area contributed by atoms with Crippen molar-refractivity contribution in [1.29, 1.82) is 0 Å². The van der Waals surface area contributed by atoms with Gasteiger partial charge in [0, 0.05) is 68.8 Å². The van der Waals surface area contributed by atoms with E-state index in [0.29, 0.717) is 56.9 Å². The molecule has 172 valence electrons. The van der Waals surface area contributed by atoms with Crippen LogP contribution in [0.1, 0.15) is 37.0 Å². The summed E-state index contributed by atoms with van der Waals surface area (Å²) in [5.74, 6) is -0.161. The number of carbonyl (C=O) groups is 3. The van der Waals surface area contributed by atoms with Crippen molar-refractivity contribution in [2.75, 3.05) is 38.0 Å². The number of hydrogen-bond acceptors (Lipinski definition) is 5. The van der Waals surface area contributed by atoms with Crippen LogP contribution in [0.15, 0.2) is 43.0 Å². The summed E-state index contributed by atoms with van der Waals surface area (Å²) in [4.78, 5) is 45.1. The van der Waals surface area contributed by atoms with Crippen molar-refractivity contribution in [2.45, 2.75) is 39.3 Å². The first-order chi connectivity index (χ1) is 15.4. The van der Waals surface area contributed by atoms with E-state index in [1.807, 2.05) is 24.6 Å². The van der Waals surface area contributed by atoms with Gasteiger partial charge in [0.25, 0.3) is 5.91 Å². The molecule has 9 nitrogen and oxygen atoms in total. The molecule has 3 amide bonds. The number of amides is 3. The van der Waals surface area contributed by atoms with Crippen molar-refractivity contribution in [3.8, 4) is 0 Å². The molecule has 2 aromatic rings. The fraction of sp³-hybridized carbons (Fsp3) is 0.478. The zero-order chi connectivity index (χ0) is 22.9. The Morgan fingerprint density at radius 3 is 2.59 bits per heavy atom. The summed E-state index contributed by atoms with van der Waals surface area (Å²) in [6, 6.07) is 7.19. The average Bonchev–Trinajstić information content (AvgIpc) is 3.31. The number of rotatable bonds is 9. The van der Waals surface area contributed by atoms with Gasteiger partial charge in [-0.25, -0.2) is 4.98 Å². The minimum Gasteiger partial charge on any atom is -0.353 e. The average molecular weight is 441 g/mol. The number of aromatic nitrogens is 2. The zero-order valence-corrected chi connectivity index (χ0v) is 18.8. The van der Waals surface area contributed by atoms with Crippen LogP contribution in [0.2, 0.25) is 0 Å². The van der Waals surface area contributed by atoms with E-state index in [0.717, 1.165) is 6.42 Å². The van der Waals surface area contributed by atoms with Gasteiger partial charge in [0.15, 0.2) is 0 Å². The van der Waals surface area contributed by atoms with E-state index < -0.39 is 0 Å². The Morgan fingerprint density at radius 1 is 1.12 bits per heavy atom. The number of nitrogens with one attached hydrogen (secondary N) is 2. The maximum atomic E-state index is 12.9. The molecule has 1 atom stereocenters. The molecule has 3 rings (SSSR count). The molecule has 0 saturated carbocycles. The molecule has 2 N–H and O–H groups in total. The lowest BCUT2D eigenvalue weighted by atomic mass is 10.1. The van der Waals surface area contributed by atoms with E-state index in [-0.39, 0.29) is 23.8 Å². The largest absolute Gasteiger partial charge is 0.353 e. The van der Waals surface area contributed by atoms with Crippen LogP contribution in [0, 0.1) is 0 Å². The van der Waals surface area contributed by atoms with Crippen molar-refractivity contribution in [3.05, 3.63) is 48.5 Å². The van der Waals surface area contributed by atoms with Crippen LogP contribution in [-0.4, -0.2) is 75.8 Å². The molecule has 1 aromatic heterocycles. The number of imidazole rings is 1. The van der Waals surface area contributed by atoms with Gasteiger partial charge >= 0.3 is 0 Å². The summed E-state index contributed by atoms with van der Waals surface area (Å²) in [6.45, 7) is 7.38. The van der Waals surface area contributed by atoms with E-state index in [1.165, 1.54) is 0 Å². The highest BCUT2D eigenvalue weighted by molar-refractivity contribution is 5.97. The Balaban J connectivity index is 1.47. The number of hydrogen-bond donors (Lipinski definition) is 2. The Bertz CT molecular complexity index is 906. The lowest BCUT2D eigenvalue weighted by Gasteiger charge is -2.34. The summed E-state index contributed by atoms with van der Waals surface area (Å²) in [5.41, 5.74) is 1.15. The third-order valence-electron chi connectivity index (χ3n) is 5.60. The van der Waals surface area contributed by atoms with Gasteiger partial charge in [0.05, 0.1) is 12.9 Å². The molecule has 1 unspecified atom stereocenters. The first kappa shape index (κ1) is 23.5. The summed E-state index contributed by atoms with van der Waals surface area (Å²) in [5, 5.41) is 5.83. The van der Waals surface area contributed by atoms with E-state index >= 15 is 0 Å². The highest BCUT2D eigenvalue weighted by atomic mass is 16.2. The third kappa shape index (κ3) is 6.91. The summed E-state index contributed by atoms with van der Waals surface area (Å²) < 4.78 is 1.84. The van der Waals surface area contributed by atoms with Crippen LogP contribution in [0.5, 0.6) is 0 Å². The van der Waals surface area contributed by atoms with E-state index in [4.69, 9.17) is 0 Å². The first-order valence-electron chi connectivity index (χ1n) is 11.1. The van der Waals surface area contributed by atoms with Crippen LogP contribution in [-0.2, 0) is 16.1 Å². The van der Waals surface area contributed by atoms with E-state index in [1.54, 1.807) is 41.7 Å². The van der Waals surface area contributed by atoms with Crippen LogP contribution in [0.25, 0.3) is 0 Å². The molecular formula is C23H32N6O3. The van der Waals surface area contributed by atoms with Crippen molar-refractivity contribution in [1.82, 2.24) is 24.7 Å². The second-order valence-corrected chi connectivity index (χ2v) is 8.12. The van der Waals surface area contributed by atoms with E-state index in [2.05, 4.69) is 20.5 Å². The monoisotopic (exact) mass is 440 g/mol. The highest BCUT2D eigenvalue weighted by Gasteiger charge is 2.23. The Kier molecular flexibility index (Phi) is 8.38. The minimum absolute atomic E-state index is 0.0237. The van der Waals surface area contributed by atoms with E-state index in [9.17, 15) is 14.4 Å². The second kappa shape index (κ2) is 11.4. The summed E-state index contributed by atoms with van der Waals surface area (Å²) in [6.07, 6.45) is 6.38. The number of nitrogens with zero attached hydrogens (tertiary/aromatic N) is 4. The molecule has 0 bridgehead atoms. The maximum absolute atomic E-state index is 12.9. The van der Waals surface area contributed by atoms with Crippen LogP contribution >= 0.6 is 0 Å². The number of benzene rings is 1. The second-order valence-electron chi connectivity index (χ2n) is 8.12. The summed E-state index contributed by atoms with van der Waals surface area (Å²) >= 11 is 0. The van der Waals surface area contributed by atoms with Crippen molar-refractivity contribution >= 4 is 23.4 Å². The Labute approximate surface area is 188 Å². The normalized spacial score (nSPS) is 15.2. The molecule has 1 fully saturated rings. The molecule has 2 heterocycles.